The molecule has 0 aliphatic rings. The molecule has 0 saturated heterocycles. The van der Waals surface area contributed by atoms with E-state index >= 15 is 0 Å². The van der Waals surface area contributed by atoms with Gasteiger partial charge in [0.05, 0.1) is 0 Å². The number of benzene rings is 2. The van der Waals surface area contributed by atoms with Gasteiger partial charge < -0.3 is 18.9 Å². The van der Waals surface area contributed by atoms with E-state index in [-0.39, 0.29) is 50.1 Å². The van der Waals surface area contributed by atoms with E-state index < -0.39 is 14.7 Å². The van der Waals surface area contributed by atoms with Gasteiger partial charge in [0.1, 0.15) is 0 Å². The summed E-state index contributed by atoms with van der Waals surface area (Å²) in [5, 5.41) is 0.866. The normalized spacial score (nSPS) is 15.1. The quantitative estimate of drug-likeness (QED) is 0.597. The summed E-state index contributed by atoms with van der Waals surface area (Å²) in [4.78, 5) is 22.5. The van der Waals surface area contributed by atoms with Crippen LogP contribution in [0.4, 0.5) is 0 Å². The van der Waals surface area contributed by atoms with E-state index in [1.807, 2.05) is 0 Å². The molecule has 120 valence electrons. The van der Waals surface area contributed by atoms with Crippen LogP contribution >= 0.6 is 14.7 Å². The van der Waals surface area contributed by atoms with Crippen molar-refractivity contribution < 1.29 is 18.9 Å². The van der Waals surface area contributed by atoms with Crippen molar-refractivity contribution in [2.75, 3.05) is 12.3 Å². The van der Waals surface area contributed by atoms with E-state index in [0.29, 0.717) is 10.6 Å². The maximum atomic E-state index is 11.2. The van der Waals surface area contributed by atoms with Crippen molar-refractivity contribution in [1.29, 1.82) is 0 Å². The molecule has 7 heteroatoms. The molecular weight excluding hydrogens is 358 g/mol. The first-order valence-corrected chi connectivity index (χ1v) is 10.7. The third-order valence-corrected chi connectivity index (χ3v) is 6.97. The fourth-order valence-electron chi connectivity index (χ4n) is 1.68. The van der Waals surface area contributed by atoms with Crippen molar-refractivity contribution in [2.24, 2.45) is 0 Å². The second-order valence-electron chi connectivity index (χ2n) is 4.65. The van der Waals surface area contributed by atoms with Gasteiger partial charge in [-0.15, -0.1) is 0 Å². The number of hydrogen-bond acceptors (Lipinski definition) is 4. The van der Waals surface area contributed by atoms with E-state index in [1.165, 1.54) is 0 Å². The zero-order valence-electron chi connectivity index (χ0n) is 13.4. The minimum Gasteiger partial charge on any atom is -0.796 e. The van der Waals surface area contributed by atoms with Gasteiger partial charge in [0, 0.05) is 14.7 Å². The van der Waals surface area contributed by atoms with Crippen LogP contribution in [0.3, 0.4) is 0 Å². The summed E-state index contributed by atoms with van der Waals surface area (Å²) >= 11 is 0. The van der Waals surface area contributed by atoms with E-state index in [4.69, 9.17) is 0 Å². The second kappa shape index (κ2) is 10.8. The van der Waals surface area contributed by atoms with Crippen molar-refractivity contribution in [3.05, 3.63) is 60.7 Å². The Morgan fingerprint density at radius 2 is 0.957 bits per heavy atom. The second-order valence-corrected chi connectivity index (χ2v) is 9.64. The van der Waals surface area contributed by atoms with Gasteiger partial charge in [-0.25, -0.2) is 0 Å². The van der Waals surface area contributed by atoms with E-state index in [1.54, 1.807) is 74.5 Å². The molecule has 0 aliphatic heterocycles. The maximum Gasteiger partial charge on any atom is 2.00 e. The van der Waals surface area contributed by atoms with Crippen molar-refractivity contribution in [3.8, 4) is 0 Å². The molecule has 0 bridgehead atoms. The molecule has 4 nitrogen and oxygen atoms in total. The topological polar surface area (TPSA) is 80.3 Å². The van der Waals surface area contributed by atoms with Crippen molar-refractivity contribution in [1.82, 2.24) is 0 Å². The monoisotopic (exact) mass is 378 g/mol. The molecule has 0 N–H and O–H groups in total. The van der Waals surface area contributed by atoms with E-state index in [2.05, 4.69) is 0 Å². The Kier molecular flexibility index (Phi) is 10.9. The van der Waals surface area contributed by atoms with Gasteiger partial charge in [-0.1, -0.05) is 74.5 Å². The van der Waals surface area contributed by atoms with Crippen LogP contribution in [0, 0.1) is 0 Å². The predicted octanol–water partition coefficient (Wildman–Crippen LogP) is 1.56. The zero-order chi connectivity index (χ0) is 16.6. The van der Waals surface area contributed by atoms with Gasteiger partial charge in [-0.05, 0) is 22.9 Å². The molecule has 2 aromatic carbocycles. The summed E-state index contributed by atoms with van der Waals surface area (Å²) in [6.45, 7) is 3.31. The predicted molar refractivity (Wildman–Crippen MR) is 94.2 cm³/mol. The molecule has 0 amide bonds. The average Bonchev–Trinajstić information content (AvgIpc) is 2.57. The minimum atomic E-state index is -3.28. The van der Waals surface area contributed by atoms with Gasteiger partial charge in [0.15, 0.2) is 0 Å². The summed E-state index contributed by atoms with van der Waals surface area (Å²) in [6, 6.07) is 17.0. The van der Waals surface area contributed by atoms with Crippen molar-refractivity contribution in [3.63, 3.8) is 0 Å². The van der Waals surface area contributed by atoms with Crippen LogP contribution in [0.5, 0.6) is 0 Å². The van der Waals surface area contributed by atoms with Crippen LogP contribution in [-0.2, 0) is 9.13 Å². The van der Waals surface area contributed by atoms with Crippen molar-refractivity contribution >= 4 is 63.1 Å². The first kappa shape index (κ1) is 23.1. The molecule has 0 radical (unpaired) electrons. The third kappa shape index (κ3) is 7.67. The van der Waals surface area contributed by atoms with Gasteiger partial charge in [0.25, 0.3) is 0 Å². The third-order valence-electron chi connectivity index (χ3n) is 3.13. The Labute approximate surface area is 167 Å². The number of rotatable bonds is 4. The summed E-state index contributed by atoms with van der Waals surface area (Å²) in [5.41, 5.74) is 0. The van der Waals surface area contributed by atoms with Crippen LogP contribution in [0.1, 0.15) is 13.8 Å². The smallest absolute Gasteiger partial charge is 0.796 e. The van der Waals surface area contributed by atoms with Gasteiger partial charge in [-0.2, -0.15) is 0 Å². The molecule has 2 atom stereocenters. The Morgan fingerprint density at radius 1 is 0.696 bits per heavy atom. The maximum absolute atomic E-state index is 11.2. The van der Waals surface area contributed by atoms with Crippen LogP contribution in [0.15, 0.2) is 60.7 Å². The fourth-order valence-corrected chi connectivity index (χ4v) is 3.66. The fraction of sp³-hybridized carbons (Fsp3) is 0.250. The molecular formula is C16H20CaO4P2. The average molecular weight is 378 g/mol. The molecule has 0 aromatic heterocycles. The zero-order valence-corrected chi connectivity index (χ0v) is 17.4. The Bertz CT molecular complexity index is 603. The molecule has 0 aliphatic carbocycles. The molecule has 0 heterocycles. The van der Waals surface area contributed by atoms with Crippen LogP contribution in [0.25, 0.3) is 0 Å². The molecule has 2 aromatic rings. The SMILES string of the molecule is CCP(=O)([O-])c1ccccc1.CCP(=O)([O-])c1ccccc1.[Ca+2]. The van der Waals surface area contributed by atoms with Gasteiger partial charge >= 0.3 is 37.7 Å². The first-order chi connectivity index (χ1) is 10.3. The number of hydrogen-bond donors (Lipinski definition) is 0. The molecule has 2 rings (SSSR count). The largest absolute Gasteiger partial charge is 2.00 e. The molecule has 0 fully saturated rings. The summed E-state index contributed by atoms with van der Waals surface area (Å²) in [7, 11) is -6.55. The van der Waals surface area contributed by atoms with Crippen LogP contribution < -0.4 is 20.4 Å². The Balaban J connectivity index is 0.000000403. The summed E-state index contributed by atoms with van der Waals surface area (Å²) in [5.74, 6) is 0. The van der Waals surface area contributed by atoms with E-state index in [9.17, 15) is 18.9 Å². The standard InChI is InChI=1S/2C8H11O2P.Ca/c2*1-2-11(9,10)8-6-4-3-5-7-8;/h2*3-7H,2H2,1H3,(H,9,10);/q;;+2/p-2. The summed E-state index contributed by atoms with van der Waals surface area (Å²) in [6.07, 6.45) is 0.383. The Morgan fingerprint density at radius 3 is 1.17 bits per heavy atom. The Hall–Kier alpha value is 0.0797. The molecule has 2 unspecified atom stereocenters. The van der Waals surface area contributed by atoms with Gasteiger partial charge in [0.2, 0.25) is 0 Å². The van der Waals surface area contributed by atoms with E-state index in [0.717, 1.165) is 0 Å². The molecule has 23 heavy (non-hydrogen) atoms. The first-order valence-electron chi connectivity index (χ1n) is 7.05. The minimum absolute atomic E-state index is 0. The van der Waals surface area contributed by atoms with Crippen LogP contribution in [0.2, 0.25) is 0 Å². The summed E-state index contributed by atoms with van der Waals surface area (Å²) < 4.78 is 22.5. The van der Waals surface area contributed by atoms with Crippen molar-refractivity contribution in [2.45, 2.75) is 13.8 Å². The molecule has 0 spiro atoms. The molecule has 0 saturated carbocycles. The van der Waals surface area contributed by atoms with Crippen LogP contribution in [-0.4, -0.2) is 50.1 Å². The van der Waals surface area contributed by atoms with Gasteiger partial charge in [-0.3, -0.25) is 0 Å².